The van der Waals surface area contributed by atoms with Gasteiger partial charge in [0.05, 0.1) is 30.8 Å². The third-order valence-corrected chi connectivity index (χ3v) is 10.9. The standard InChI is InChI=1S/C30H44O7/c1-6-7-10-35-26-19(5)37-25(12-24(26)32)36-16-29-14-21-18(4)8-9-22(21)28(15-31)13-20(29)11-23(17(2)3)30(28,29)27(33)34/h6-7,11,15,17-22,24-26,32H,8-10,12-14,16H2,1-5H3,(H,33,34)/b7-6+/t18?,19-,20?,21?,22?,24+,25-,26-,28?,29?,30?/m1/s1. The van der Waals surface area contributed by atoms with E-state index in [-0.39, 0.29) is 36.9 Å². The summed E-state index contributed by atoms with van der Waals surface area (Å²) in [6.45, 7) is 10.7. The first kappa shape index (κ1) is 27.0. The second-order valence-corrected chi connectivity index (χ2v) is 12.7. The molecule has 4 aliphatic carbocycles. The van der Waals surface area contributed by atoms with Crippen LogP contribution in [0.4, 0.5) is 0 Å². The number of ether oxygens (including phenoxy) is 3. The number of aliphatic carboxylic acids is 1. The molecule has 5 aliphatic rings. The molecule has 206 valence electrons. The highest BCUT2D eigenvalue weighted by atomic mass is 16.7. The monoisotopic (exact) mass is 516 g/mol. The summed E-state index contributed by atoms with van der Waals surface area (Å²) < 4.78 is 18.4. The van der Waals surface area contributed by atoms with E-state index >= 15 is 0 Å². The van der Waals surface area contributed by atoms with Gasteiger partial charge < -0.3 is 29.2 Å². The van der Waals surface area contributed by atoms with Crippen molar-refractivity contribution in [1.82, 2.24) is 0 Å². The third-order valence-electron chi connectivity index (χ3n) is 10.9. The minimum absolute atomic E-state index is 0.0214. The molecule has 0 aromatic rings. The van der Waals surface area contributed by atoms with Gasteiger partial charge in [-0.3, -0.25) is 4.79 Å². The van der Waals surface area contributed by atoms with Crippen molar-refractivity contribution in [3.05, 3.63) is 23.8 Å². The Morgan fingerprint density at radius 1 is 1.24 bits per heavy atom. The molecule has 1 heterocycles. The largest absolute Gasteiger partial charge is 0.481 e. The highest BCUT2D eigenvalue weighted by Gasteiger charge is 2.84. The van der Waals surface area contributed by atoms with Crippen molar-refractivity contribution in [1.29, 1.82) is 0 Å². The summed E-state index contributed by atoms with van der Waals surface area (Å²) in [7, 11) is 0. The zero-order chi connectivity index (χ0) is 26.8. The Morgan fingerprint density at radius 2 is 2.00 bits per heavy atom. The van der Waals surface area contributed by atoms with Gasteiger partial charge in [-0.15, -0.1) is 0 Å². The Labute approximate surface area is 220 Å². The number of hydrogen-bond acceptors (Lipinski definition) is 6. The fourth-order valence-corrected chi connectivity index (χ4v) is 9.51. The molecule has 7 unspecified atom stereocenters. The Kier molecular flexibility index (Phi) is 7.00. The number of aliphatic hydroxyl groups excluding tert-OH is 1. The van der Waals surface area contributed by atoms with Crippen LogP contribution in [0.25, 0.3) is 0 Å². The lowest BCUT2D eigenvalue weighted by Crippen LogP contribution is -2.63. The molecule has 1 saturated heterocycles. The smallest absolute Gasteiger partial charge is 0.315 e. The van der Waals surface area contributed by atoms with E-state index < -0.39 is 40.7 Å². The maximum Gasteiger partial charge on any atom is 0.315 e. The summed E-state index contributed by atoms with van der Waals surface area (Å²) in [4.78, 5) is 26.7. The molecular formula is C30H44O7. The Hall–Kier alpha value is -1.54. The fraction of sp³-hybridized carbons (Fsp3) is 0.800. The molecule has 4 bridgehead atoms. The quantitative estimate of drug-likeness (QED) is 0.346. The topological polar surface area (TPSA) is 102 Å². The summed E-state index contributed by atoms with van der Waals surface area (Å²) in [6.07, 6.45) is 8.34. The first-order chi connectivity index (χ1) is 17.6. The number of carboxylic acids is 1. The van der Waals surface area contributed by atoms with Gasteiger partial charge in [-0.1, -0.05) is 51.0 Å². The van der Waals surface area contributed by atoms with E-state index in [0.29, 0.717) is 24.9 Å². The second-order valence-electron chi connectivity index (χ2n) is 12.7. The lowest BCUT2D eigenvalue weighted by molar-refractivity contribution is -0.268. The lowest BCUT2D eigenvalue weighted by atomic mass is 9.43. The van der Waals surface area contributed by atoms with Crippen LogP contribution in [-0.4, -0.2) is 60.3 Å². The maximum absolute atomic E-state index is 13.5. The molecule has 3 saturated carbocycles. The van der Waals surface area contributed by atoms with Gasteiger partial charge in [0, 0.05) is 11.8 Å². The van der Waals surface area contributed by atoms with E-state index in [4.69, 9.17) is 14.2 Å². The number of carbonyl (C=O) groups excluding carboxylic acids is 1. The zero-order valence-electron chi connectivity index (χ0n) is 22.9. The van der Waals surface area contributed by atoms with Gasteiger partial charge in [0.25, 0.3) is 0 Å². The Bertz CT molecular complexity index is 961. The number of hydrogen-bond donors (Lipinski definition) is 2. The first-order valence-electron chi connectivity index (χ1n) is 14.2. The predicted molar refractivity (Wildman–Crippen MR) is 137 cm³/mol. The second kappa shape index (κ2) is 9.58. The van der Waals surface area contributed by atoms with Crippen molar-refractivity contribution in [2.24, 2.45) is 45.8 Å². The summed E-state index contributed by atoms with van der Waals surface area (Å²) in [6, 6.07) is 0. The van der Waals surface area contributed by atoms with Gasteiger partial charge in [0.15, 0.2) is 6.29 Å². The van der Waals surface area contributed by atoms with Crippen molar-refractivity contribution in [2.45, 2.75) is 91.3 Å². The van der Waals surface area contributed by atoms with Crippen molar-refractivity contribution in [3.8, 4) is 0 Å². The highest BCUT2D eigenvalue weighted by molar-refractivity contribution is 5.90. The van der Waals surface area contributed by atoms with Gasteiger partial charge >= 0.3 is 5.97 Å². The van der Waals surface area contributed by atoms with Crippen LogP contribution < -0.4 is 0 Å². The molecule has 0 aromatic heterocycles. The molecule has 7 heteroatoms. The normalized spacial score (nSPS) is 48.5. The van der Waals surface area contributed by atoms with Gasteiger partial charge in [0.2, 0.25) is 0 Å². The van der Waals surface area contributed by atoms with Crippen molar-refractivity contribution in [3.63, 3.8) is 0 Å². The van der Waals surface area contributed by atoms with Crippen LogP contribution in [0.5, 0.6) is 0 Å². The molecule has 5 rings (SSSR count). The molecule has 0 radical (unpaired) electrons. The maximum atomic E-state index is 13.5. The van der Waals surface area contributed by atoms with Crippen molar-refractivity contribution in [2.75, 3.05) is 13.2 Å². The summed E-state index contributed by atoms with van der Waals surface area (Å²) in [5.74, 6) is -0.00802. The van der Waals surface area contributed by atoms with Crippen LogP contribution >= 0.6 is 0 Å². The van der Waals surface area contributed by atoms with Crippen LogP contribution in [0.2, 0.25) is 0 Å². The molecule has 0 amide bonds. The van der Waals surface area contributed by atoms with Crippen molar-refractivity contribution < 1.29 is 34.0 Å². The van der Waals surface area contributed by atoms with E-state index in [1.807, 2.05) is 39.8 Å². The van der Waals surface area contributed by atoms with Gasteiger partial charge in [-0.05, 0) is 62.7 Å². The molecule has 0 spiro atoms. The number of allylic oxidation sites excluding steroid dienone is 2. The summed E-state index contributed by atoms with van der Waals surface area (Å²) in [5, 5.41) is 21.9. The molecule has 4 fully saturated rings. The Morgan fingerprint density at radius 3 is 2.62 bits per heavy atom. The van der Waals surface area contributed by atoms with E-state index in [0.717, 1.165) is 31.1 Å². The van der Waals surface area contributed by atoms with Gasteiger partial charge in [-0.2, -0.15) is 0 Å². The van der Waals surface area contributed by atoms with Crippen LogP contribution in [0.15, 0.2) is 23.8 Å². The zero-order valence-corrected chi connectivity index (χ0v) is 22.9. The number of carbonyl (C=O) groups is 2. The SMILES string of the molecule is C/C=C/CO[C@H]1[C@@H](O)C[C@H](OCC23CC4C(C)CCC4C4(C=O)CC2C=C(C(C)C)C43C(=O)O)O[C@@H]1C. The molecule has 11 atom stereocenters. The van der Waals surface area contributed by atoms with Crippen molar-refractivity contribution >= 4 is 12.3 Å². The molecule has 0 aromatic carbocycles. The van der Waals surface area contributed by atoms with Gasteiger partial charge in [0.1, 0.15) is 17.8 Å². The van der Waals surface area contributed by atoms with E-state index in [1.54, 1.807) is 0 Å². The lowest BCUT2D eigenvalue weighted by Gasteiger charge is -2.58. The summed E-state index contributed by atoms with van der Waals surface area (Å²) >= 11 is 0. The number of aliphatic hydroxyl groups is 1. The van der Waals surface area contributed by atoms with Crippen LogP contribution in [-0.2, 0) is 23.8 Å². The van der Waals surface area contributed by atoms with E-state index in [9.17, 15) is 19.8 Å². The predicted octanol–water partition coefficient (Wildman–Crippen LogP) is 4.38. The van der Waals surface area contributed by atoms with Crippen LogP contribution in [0.3, 0.4) is 0 Å². The summed E-state index contributed by atoms with van der Waals surface area (Å²) in [5.41, 5.74) is -1.96. The number of fused-ring (bicyclic) bond motifs is 2. The molecular weight excluding hydrogens is 472 g/mol. The first-order valence-corrected chi connectivity index (χ1v) is 14.2. The minimum atomic E-state index is -1.26. The Balaban J connectivity index is 1.46. The minimum Gasteiger partial charge on any atom is -0.481 e. The highest BCUT2D eigenvalue weighted by Crippen LogP contribution is 2.82. The van der Waals surface area contributed by atoms with E-state index in [2.05, 4.69) is 13.0 Å². The van der Waals surface area contributed by atoms with Crippen LogP contribution in [0, 0.1) is 45.8 Å². The molecule has 2 N–H and O–H groups in total. The van der Waals surface area contributed by atoms with Crippen LogP contribution in [0.1, 0.15) is 66.7 Å². The number of rotatable bonds is 9. The average molecular weight is 517 g/mol. The number of carboxylic acid groups (broad SMARTS) is 1. The molecule has 37 heavy (non-hydrogen) atoms. The van der Waals surface area contributed by atoms with E-state index in [1.165, 1.54) is 0 Å². The fourth-order valence-electron chi connectivity index (χ4n) is 9.51. The van der Waals surface area contributed by atoms with Gasteiger partial charge in [-0.25, -0.2) is 0 Å². The average Bonchev–Trinajstić information content (AvgIpc) is 3.42. The number of aldehydes is 1. The molecule has 1 aliphatic heterocycles. The third kappa shape index (κ3) is 3.53. The molecule has 7 nitrogen and oxygen atoms in total.